The zero-order valence-corrected chi connectivity index (χ0v) is 15.3. The van der Waals surface area contributed by atoms with Crippen LogP contribution in [0.25, 0.3) is 0 Å². The molecule has 8 heteroatoms. The Bertz CT molecular complexity index is 742. The Morgan fingerprint density at radius 1 is 1.19 bits per heavy atom. The van der Waals surface area contributed by atoms with Crippen molar-refractivity contribution >= 4 is 29.1 Å². The molecule has 1 aromatic carbocycles. The van der Waals surface area contributed by atoms with Crippen LogP contribution in [0.3, 0.4) is 0 Å². The minimum atomic E-state index is -0.444. The maximum Gasteiger partial charge on any atom is 0.227 e. The van der Waals surface area contributed by atoms with Gasteiger partial charge in [-0.05, 0) is 31.2 Å². The molecule has 3 rings (SSSR count). The van der Waals surface area contributed by atoms with Crippen molar-refractivity contribution in [2.45, 2.75) is 13.3 Å². The first-order chi connectivity index (χ1) is 12.6. The summed E-state index contributed by atoms with van der Waals surface area (Å²) in [5, 5.41) is 11.7. The number of amides is 1. The lowest BCUT2D eigenvalue weighted by atomic mass is 10.1. The smallest absolute Gasteiger partial charge is 0.227 e. The van der Waals surface area contributed by atoms with Crippen LogP contribution < -0.4 is 10.2 Å². The number of nitrogens with zero attached hydrogens (tertiary/aromatic N) is 4. The fourth-order valence-corrected chi connectivity index (χ4v) is 3.15. The first kappa shape index (κ1) is 18.4. The molecule has 0 aliphatic carbocycles. The molecule has 1 aliphatic heterocycles. The first-order valence-corrected chi connectivity index (χ1v) is 8.99. The third-order valence-electron chi connectivity index (χ3n) is 4.35. The fourth-order valence-electron chi connectivity index (χ4n) is 2.92. The Labute approximate surface area is 157 Å². The summed E-state index contributed by atoms with van der Waals surface area (Å²) in [4.78, 5) is 16.3. The summed E-state index contributed by atoms with van der Waals surface area (Å²) in [5.74, 6) is 0.966. The van der Waals surface area contributed by atoms with Gasteiger partial charge in [-0.25, -0.2) is 4.39 Å². The maximum absolute atomic E-state index is 13.9. The Morgan fingerprint density at radius 3 is 2.58 bits per heavy atom. The van der Waals surface area contributed by atoms with E-state index in [2.05, 4.69) is 20.4 Å². The van der Waals surface area contributed by atoms with Crippen LogP contribution in [0.15, 0.2) is 30.3 Å². The zero-order valence-electron chi connectivity index (χ0n) is 14.6. The van der Waals surface area contributed by atoms with Gasteiger partial charge in [-0.1, -0.05) is 17.7 Å². The molecule has 0 bridgehead atoms. The number of benzene rings is 1. The number of nitrogens with one attached hydrogen (secondary N) is 1. The highest BCUT2D eigenvalue weighted by Gasteiger charge is 2.23. The van der Waals surface area contributed by atoms with Crippen LogP contribution in [-0.2, 0) is 11.2 Å². The highest BCUT2D eigenvalue weighted by molar-refractivity contribution is 6.31. The SMILES string of the molecule is CCNc1ccc(N2CCN(C(=O)Cc3c(F)cccc3Cl)CC2)nn1. The van der Waals surface area contributed by atoms with Crippen molar-refractivity contribution in [1.82, 2.24) is 15.1 Å². The number of hydrogen-bond acceptors (Lipinski definition) is 5. The van der Waals surface area contributed by atoms with Crippen molar-refractivity contribution in [3.05, 3.63) is 46.7 Å². The van der Waals surface area contributed by atoms with Gasteiger partial charge in [0.05, 0.1) is 6.42 Å². The summed E-state index contributed by atoms with van der Waals surface area (Å²) >= 11 is 6.01. The number of piperazine rings is 1. The van der Waals surface area contributed by atoms with E-state index in [1.165, 1.54) is 12.1 Å². The van der Waals surface area contributed by atoms with Crippen molar-refractivity contribution in [2.75, 3.05) is 42.9 Å². The lowest BCUT2D eigenvalue weighted by molar-refractivity contribution is -0.130. The maximum atomic E-state index is 13.9. The molecule has 1 aliphatic rings. The van der Waals surface area contributed by atoms with Crippen molar-refractivity contribution in [3.63, 3.8) is 0 Å². The van der Waals surface area contributed by atoms with E-state index in [9.17, 15) is 9.18 Å². The van der Waals surface area contributed by atoms with Crippen LogP contribution in [0.2, 0.25) is 5.02 Å². The molecule has 138 valence electrons. The molecule has 1 saturated heterocycles. The summed E-state index contributed by atoms with van der Waals surface area (Å²) in [6.45, 7) is 5.22. The van der Waals surface area contributed by atoms with Gasteiger partial charge in [0.1, 0.15) is 11.6 Å². The van der Waals surface area contributed by atoms with Crippen LogP contribution in [0, 0.1) is 5.82 Å². The van der Waals surface area contributed by atoms with Gasteiger partial charge in [-0.2, -0.15) is 0 Å². The molecule has 0 spiro atoms. The number of carbonyl (C=O) groups excluding carboxylic acids is 1. The summed E-state index contributed by atoms with van der Waals surface area (Å²) in [7, 11) is 0. The Morgan fingerprint density at radius 2 is 1.96 bits per heavy atom. The Kier molecular flexibility index (Phi) is 5.88. The second-order valence-corrected chi connectivity index (χ2v) is 6.46. The molecule has 2 heterocycles. The number of halogens is 2. The van der Waals surface area contributed by atoms with E-state index in [-0.39, 0.29) is 22.9 Å². The van der Waals surface area contributed by atoms with Crippen LogP contribution in [0.4, 0.5) is 16.0 Å². The fraction of sp³-hybridized carbons (Fsp3) is 0.389. The van der Waals surface area contributed by atoms with Gasteiger partial charge < -0.3 is 15.1 Å². The van der Waals surface area contributed by atoms with Crippen LogP contribution in [0.5, 0.6) is 0 Å². The minimum Gasteiger partial charge on any atom is -0.369 e. The summed E-state index contributed by atoms with van der Waals surface area (Å²) in [5.41, 5.74) is 0.256. The molecule has 1 N–H and O–H groups in total. The zero-order chi connectivity index (χ0) is 18.5. The van der Waals surface area contributed by atoms with Gasteiger partial charge in [-0.15, -0.1) is 10.2 Å². The van der Waals surface area contributed by atoms with Gasteiger partial charge in [0.25, 0.3) is 0 Å². The minimum absolute atomic E-state index is 0.0251. The number of carbonyl (C=O) groups is 1. The highest BCUT2D eigenvalue weighted by Crippen LogP contribution is 2.21. The number of aromatic nitrogens is 2. The lowest BCUT2D eigenvalue weighted by Gasteiger charge is -2.35. The van der Waals surface area contributed by atoms with Crippen LogP contribution in [-0.4, -0.2) is 53.7 Å². The molecule has 0 unspecified atom stereocenters. The molecule has 26 heavy (non-hydrogen) atoms. The molecule has 0 radical (unpaired) electrons. The van der Waals surface area contributed by atoms with Gasteiger partial charge >= 0.3 is 0 Å². The molecule has 1 fully saturated rings. The molecule has 6 nitrogen and oxygen atoms in total. The average molecular weight is 378 g/mol. The number of anilines is 2. The summed E-state index contributed by atoms with van der Waals surface area (Å²) < 4.78 is 13.9. The number of rotatable bonds is 5. The average Bonchev–Trinajstić information content (AvgIpc) is 2.66. The van der Waals surface area contributed by atoms with E-state index in [0.29, 0.717) is 26.2 Å². The predicted molar refractivity (Wildman–Crippen MR) is 100 cm³/mol. The van der Waals surface area contributed by atoms with Gasteiger partial charge in [-0.3, -0.25) is 4.79 Å². The normalized spacial score (nSPS) is 14.4. The van der Waals surface area contributed by atoms with E-state index >= 15 is 0 Å². The quantitative estimate of drug-likeness (QED) is 0.867. The van der Waals surface area contributed by atoms with Gasteiger partial charge in [0.15, 0.2) is 5.82 Å². The third-order valence-corrected chi connectivity index (χ3v) is 4.71. The Hall–Kier alpha value is -2.41. The second kappa shape index (κ2) is 8.31. The van der Waals surface area contributed by atoms with Gasteiger partial charge in [0, 0.05) is 43.3 Å². The molecular formula is C18H21ClFN5O. The first-order valence-electron chi connectivity index (χ1n) is 8.61. The molecule has 2 aromatic rings. The Balaban J connectivity index is 1.57. The van der Waals surface area contributed by atoms with E-state index < -0.39 is 5.82 Å². The molecule has 1 amide bonds. The van der Waals surface area contributed by atoms with Crippen molar-refractivity contribution < 1.29 is 9.18 Å². The largest absolute Gasteiger partial charge is 0.369 e. The van der Waals surface area contributed by atoms with E-state index in [0.717, 1.165) is 18.2 Å². The molecular weight excluding hydrogens is 357 g/mol. The van der Waals surface area contributed by atoms with Crippen molar-refractivity contribution in [1.29, 1.82) is 0 Å². The lowest BCUT2D eigenvalue weighted by Crippen LogP contribution is -2.49. The standard InChI is InChI=1S/C18H21ClFN5O/c1-2-21-16-6-7-17(23-22-16)24-8-10-25(11-9-24)18(26)12-13-14(19)4-3-5-15(13)20/h3-7H,2,8-12H2,1H3,(H,21,22). The van der Waals surface area contributed by atoms with Gasteiger partial charge in [0.2, 0.25) is 5.91 Å². The molecule has 0 saturated carbocycles. The topological polar surface area (TPSA) is 61.4 Å². The van der Waals surface area contributed by atoms with Crippen molar-refractivity contribution in [2.24, 2.45) is 0 Å². The number of hydrogen-bond donors (Lipinski definition) is 1. The van der Waals surface area contributed by atoms with Crippen LogP contribution in [0.1, 0.15) is 12.5 Å². The highest BCUT2D eigenvalue weighted by atomic mass is 35.5. The third kappa shape index (κ3) is 4.22. The monoisotopic (exact) mass is 377 g/mol. The van der Waals surface area contributed by atoms with Crippen LogP contribution >= 0.6 is 11.6 Å². The summed E-state index contributed by atoms with van der Waals surface area (Å²) in [6, 6.07) is 8.26. The van der Waals surface area contributed by atoms with E-state index in [1.807, 2.05) is 19.1 Å². The molecule has 1 aromatic heterocycles. The van der Waals surface area contributed by atoms with E-state index in [1.54, 1.807) is 11.0 Å². The molecule has 0 atom stereocenters. The van der Waals surface area contributed by atoms with E-state index in [4.69, 9.17) is 11.6 Å². The summed E-state index contributed by atoms with van der Waals surface area (Å²) in [6.07, 6.45) is -0.0251. The van der Waals surface area contributed by atoms with Crippen molar-refractivity contribution in [3.8, 4) is 0 Å². The second-order valence-electron chi connectivity index (χ2n) is 6.05. The predicted octanol–water partition coefficient (Wildman–Crippen LogP) is 2.59.